The number of nitriles is 1. The summed E-state index contributed by atoms with van der Waals surface area (Å²) in [5.74, 6) is 2.56. The van der Waals surface area contributed by atoms with E-state index in [1.165, 1.54) is 0 Å². The minimum Gasteiger partial charge on any atom is -0.497 e. The molecule has 7 heteroatoms. The number of hydrogen-bond acceptors (Lipinski definition) is 7. The highest BCUT2D eigenvalue weighted by Gasteiger charge is 2.24. The van der Waals surface area contributed by atoms with Crippen molar-refractivity contribution < 1.29 is 13.9 Å². The van der Waals surface area contributed by atoms with Gasteiger partial charge >= 0.3 is 0 Å². The van der Waals surface area contributed by atoms with Crippen molar-refractivity contribution in [3.63, 3.8) is 0 Å². The second-order valence-corrected chi connectivity index (χ2v) is 7.10. The molecule has 1 fully saturated rings. The predicted molar refractivity (Wildman–Crippen MR) is 114 cm³/mol. The number of oxazole rings is 1. The third kappa shape index (κ3) is 4.18. The summed E-state index contributed by atoms with van der Waals surface area (Å²) < 4.78 is 17.0. The number of nitrogens with zero attached hydrogens (tertiary/aromatic N) is 4. The van der Waals surface area contributed by atoms with Crippen LogP contribution < -0.4 is 19.3 Å². The van der Waals surface area contributed by atoms with Crippen LogP contribution in [0.3, 0.4) is 0 Å². The molecule has 0 amide bonds. The number of methoxy groups -OCH3 is 1. The molecule has 0 unspecified atom stereocenters. The van der Waals surface area contributed by atoms with Gasteiger partial charge in [-0.25, -0.2) is 0 Å². The van der Waals surface area contributed by atoms with Crippen molar-refractivity contribution in [1.82, 2.24) is 4.98 Å². The molecule has 30 heavy (non-hydrogen) atoms. The lowest BCUT2D eigenvalue weighted by Crippen LogP contribution is -2.46. The van der Waals surface area contributed by atoms with Crippen LogP contribution in [0.2, 0.25) is 0 Å². The van der Waals surface area contributed by atoms with Crippen molar-refractivity contribution in [2.45, 2.75) is 13.5 Å². The largest absolute Gasteiger partial charge is 0.497 e. The zero-order valence-electron chi connectivity index (χ0n) is 17.2. The van der Waals surface area contributed by atoms with Gasteiger partial charge in [0.25, 0.3) is 0 Å². The molecule has 154 valence electrons. The molecule has 0 aliphatic carbocycles. The number of piperazine rings is 1. The minimum atomic E-state index is 0.186. The highest BCUT2D eigenvalue weighted by atomic mass is 16.5. The topological polar surface area (TPSA) is 74.8 Å². The fourth-order valence-corrected chi connectivity index (χ4v) is 3.52. The third-order valence-electron chi connectivity index (χ3n) is 5.21. The average Bonchev–Trinajstić information content (AvgIpc) is 3.22. The van der Waals surface area contributed by atoms with Crippen molar-refractivity contribution in [2.24, 2.45) is 0 Å². The number of aryl methyl sites for hydroxylation is 1. The molecule has 2 heterocycles. The molecule has 2 aromatic carbocycles. The molecule has 1 aliphatic heterocycles. The summed E-state index contributed by atoms with van der Waals surface area (Å²) in [5, 5.41) is 9.51. The van der Waals surface area contributed by atoms with E-state index in [1.54, 1.807) is 7.11 Å². The van der Waals surface area contributed by atoms with E-state index in [0.29, 0.717) is 17.5 Å². The van der Waals surface area contributed by atoms with Crippen LogP contribution in [0.1, 0.15) is 17.1 Å². The van der Waals surface area contributed by atoms with Crippen LogP contribution in [0.5, 0.6) is 11.5 Å². The van der Waals surface area contributed by atoms with Gasteiger partial charge in [0.1, 0.15) is 17.6 Å². The SMILES string of the molecule is COc1ccc(N2CCN(c3oc(COc4ccccc4C)nc3C#N)CC2)cc1. The lowest BCUT2D eigenvalue weighted by atomic mass is 10.2. The fraction of sp³-hybridized carbons (Fsp3) is 0.304. The van der Waals surface area contributed by atoms with Gasteiger partial charge in [-0.2, -0.15) is 10.2 Å². The molecule has 1 aliphatic rings. The van der Waals surface area contributed by atoms with Crippen molar-refractivity contribution in [3.05, 3.63) is 65.7 Å². The molecule has 0 saturated carbocycles. The van der Waals surface area contributed by atoms with Crippen LogP contribution in [0, 0.1) is 18.3 Å². The predicted octanol–water partition coefficient (Wildman–Crippen LogP) is 3.77. The quantitative estimate of drug-likeness (QED) is 0.619. The first kappa shape index (κ1) is 19.6. The highest BCUT2D eigenvalue weighted by Crippen LogP contribution is 2.26. The first-order chi connectivity index (χ1) is 14.7. The summed E-state index contributed by atoms with van der Waals surface area (Å²) >= 11 is 0. The molecular weight excluding hydrogens is 380 g/mol. The molecule has 1 aromatic heterocycles. The van der Waals surface area contributed by atoms with Crippen LogP contribution in [0.25, 0.3) is 0 Å². The second kappa shape index (κ2) is 8.78. The summed E-state index contributed by atoms with van der Waals surface area (Å²) in [5.41, 5.74) is 2.50. The van der Waals surface area contributed by atoms with Crippen LogP contribution >= 0.6 is 0 Å². The van der Waals surface area contributed by atoms with Gasteiger partial charge in [0, 0.05) is 31.9 Å². The smallest absolute Gasteiger partial charge is 0.236 e. The van der Waals surface area contributed by atoms with Crippen LogP contribution in [-0.2, 0) is 6.61 Å². The number of aromatic nitrogens is 1. The Bertz CT molecular complexity index is 1030. The maximum atomic E-state index is 9.51. The van der Waals surface area contributed by atoms with Gasteiger partial charge in [0.05, 0.1) is 7.11 Å². The zero-order valence-corrected chi connectivity index (χ0v) is 17.2. The lowest BCUT2D eigenvalue weighted by molar-refractivity contribution is 0.262. The molecule has 1 saturated heterocycles. The summed E-state index contributed by atoms with van der Waals surface area (Å²) in [4.78, 5) is 8.70. The number of rotatable bonds is 6. The van der Waals surface area contributed by atoms with E-state index >= 15 is 0 Å². The molecule has 0 N–H and O–H groups in total. The van der Waals surface area contributed by atoms with Crippen LogP contribution in [0.15, 0.2) is 52.9 Å². The Hall–Kier alpha value is -3.66. The van der Waals surface area contributed by atoms with Gasteiger partial charge < -0.3 is 23.7 Å². The monoisotopic (exact) mass is 404 g/mol. The Balaban J connectivity index is 1.40. The highest BCUT2D eigenvalue weighted by molar-refractivity contribution is 5.53. The van der Waals surface area contributed by atoms with Gasteiger partial charge in [-0.15, -0.1) is 0 Å². The van der Waals surface area contributed by atoms with E-state index in [4.69, 9.17) is 13.9 Å². The Morgan fingerprint density at radius 1 is 1.03 bits per heavy atom. The molecule has 3 aromatic rings. The van der Waals surface area contributed by atoms with Crippen LogP contribution in [-0.4, -0.2) is 38.3 Å². The fourth-order valence-electron chi connectivity index (χ4n) is 3.52. The Morgan fingerprint density at radius 3 is 2.40 bits per heavy atom. The van der Waals surface area contributed by atoms with E-state index in [-0.39, 0.29) is 6.61 Å². The molecular formula is C23H24N4O3. The lowest BCUT2D eigenvalue weighted by Gasteiger charge is -2.35. The van der Waals surface area contributed by atoms with Gasteiger partial charge in [-0.05, 0) is 42.8 Å². The number of ether oxygens (including phenoxy) is 2. The normalized spacial score (nSPS) is 13.8. The first-order valence-electron chi connectivity index (χ1n) is 9.90. The molecule has 4 rings (SSSR count). The molecule has 7 nitrogen and oxygen atoms in total. The zero-order chi connectivity index (χ0) is 20.9. The first-order valence-corrected chi connectivity index (χ1v) is 9.90. The van der Waals surface area contributed by atoms with Crippen molar-refractivity contribution in [3.8, 4) is 17.6 Å². The maximum absolute atomic E-state index is 9.51. The summed E-state index contributed by atoms with van der Waals surface area (Å²) in [6.45, 7) is 5.31. The van der Waals surface area contributed by atoms with Crippen molar-refractivity contribution >= 4 is 11.6 Å². The van der Waals surface area contributed by atoms with Crippen LogP contribution in [0.4, 0.5) is 11.6 Å². The molecule has 0 spiro atoms. The number of hydrogen-bond donors (Lipinski definition) is 0. The molecule has 0 atom stereocenters. The van der Waals surface area contributed by atoms with Crippen molar-refractivity contribution in [1.29, 1.82) is 5.26 Å². The van der Waals surface area contributed by atoms with E-state index in [2.05, 4.69) is 33.0 Å². The van der Waals surface area contributed by atoms with Gasteiger partial charge in [0.2, 0.25) is 17.5 Å². The molecule has 0 bridgehead atoms. The minimum absolute atomic E-state index is 0.186. The average molecular weight is 404 g/mol. The number of para-hydroxylation sites is 1. The van der Waals surface area contributed by atoms with Gasteiger partial charge in [0.15, 0.2) is 6.61 Å². The summed E-state index contributed by atoms with van der Waals surface area (Å²) in [6.07, 6.45) is 0. The summed E-state index contributed by atoms with van der Waals surface area (Å²) in [7, 11) is 1.66. The Morgan fingerprint density at radius 2 is 1.73 bits per heavy atom. The van der Waals surface area contributed by atoms with E-state index in [1.807, 2.05) is 43.3 Å². The Labute approximate surface area is 176 Å². The standard InChI is InChI=1S/C23H24N4O3/c1-17-5-3-4-6-21(17)29-16-22-25-20(15-24)23(30-22)27-13-11-26(12-14-27)18-7-9-19(28-2)10-8-18/h3-10H,11-14,16H2,1-2H3. The van der Waals surface area contributed by atoms with E-state index < -0.39 is 0 Å². The Kier molecular flexibility index (Phi) is 5.75. The second-order valence-electron chi connectivity index (χ2n) is 7.10. The van der Waals surface area contributed by atoms with E-state index in [9.17, 15) is 5.26 Å². The number of benzene rings is 2. The molecule has 0 radical (unpaired) electrons. The van der Waals surface area contributed by atoms with Gasteiger partial charge in [-0.1, -0.05) is 18.2 Å². The van der Waals surface area contributed by atoms with Crippen molar-refractivity contribution in [2.75, 3.05) is 43.1 Å². The maximum Gasteiger partial charge on any atom is 0.236 e. The summed E-state index contributed by atoms with van der Waals surface area (Å²) in [6, 6.07) is 18.0. The van der Waals surface area contributed by atoms with Gasteiger partial charge in [-0.3, -0.25) is 0 Å². The number of anilines is 2. The van der Waals surface area contributed by atoms with E-state index in [0.717, 1.165) is 48.9 Å². The third-order valence-corrected chi connectivity index (χ3v) is 5.21.